The Kier molecular flexibility index (Phi) is 5.14. The molecular weight excluding hydrogens is 252 g/mol. The smallest absolute Gasteiger partial charge is 0.137 e. The molecule has 0 aliphatic heterocycles. The SMILES string of the molecule is C#CCCCC(=O)Cc1ccccc1Br. The molecule has 0 radical (unpaired) electrons. The van der Waals surface area contributed by atoms with E-state index in [1.54, 1.807) is 0 Å². The van der Waals surface area contributed by atoms with E-state index in [0.717, 1.165) is 16.5 Å². The van der Waals surface area contributed by atoms with Crippen molar-refractivity contribution >= 4 is 21.7 Å². The van der Waals surface area contributed by atoms with Gasteiger partial charge in [-0.1, -0.05) is 34.1 Å². The topological polar surface area (TPSA) is 17.1 Å². The number of benzene rings is 1. The highest BCUT2D eigenvalue weighted by molar-refractivity contribution is 9.10. The fraction of sp³-hybridized carbons (Fsp3) is 0.308. The molecule has 0 aliphatic carbocycles. The van der Waals surface area contributed by atoms with Gasteiger partial charge in [0.1, 0.15) is 5.78 Å². The second-order valence-corrected chi connectivity index (χ2v) is 4.22. The Bertz CT molecular complexity index is 376. The Morgan fingerprint density at radius 3 is 2.80 bits per heavy atom. The van der Waals surface area contributed by atoms with Crippen molar-refractivity contribution in [3.8, 4) is 12.3 Å². The molecule has 0 atom stereocenters. The average molecular weight is 265 g/mol. The Hall–Kier alpha value is -1.07. The summed E-state index contributed by atoms with van der Waals surface area (Å²) in [7, 11) is 0. The number of carbonyl (C=O) groups is 1. The van der Waals surface area contributed by atoms with Gasteiger partial charge in [0.2, 0.25) is 0 Å². The Labute approximate surface area is 99.0 Å². The minimum Gasteiger partial charge on any atom is -0.299 e. The van der Waals surface area contributed by atoms with E-state index in [1.165, 1.54) is 0 Å². The van der Waals surface area contributed by atoms with Gasteiger partial charge in [0.15, 0.2) is 0 Å². The van der Waals surface area contributed by atoms with E-state index in [4.69, 9.17) is 6.42 Å². The second-order valence-electron chi connectivity index (χ2n) is 3.36. The van der Waals surface area contributed by atoms with Crippen LogP contribution in [0.4, 0.5) is 0 Å². The normalized spacial score (nSPS) is 9.60. The lowest BCUT2D eigenvalue weighted by Crippen LogP contribution is -2.02. The van der Waals surface area contributed by atoms with Crippen molar-refractivity contribution < 1.29 is 4.79 Å². The molecule has 0 aliphatic rings. The summed E-state index contributed by atoms with van der Waals surface area (Å²) in [6.45, 7) is 0. The summed E-state index contributed by atoms with van der Waals surface area (Å²) in [4.78, 5) is 11.6. The van der Waals surface area contributed by atoms with E-state index in [2.05, 4.69) is 21.9 Å². The van der Waals surface area contributed by atoms with Gasteiger partial charge < -0.3 is 0 Å². The van der Waals surface area contributed by atoms with Crippen LogP contribution in [0.15, 0.2) is 28.7 Å². The largest absolute Gasteiger partial charge is 0.299 e. The molecule has 0 unspecified atom stereocenters. The highest BCUT2D eigenvalue weighted by Crippen LogP contribution is 2.17. The predicted octanol–water partition coefficient (Wildman–Crippen LogP) is 3.36. The minimum atomic E-state index is 0.247. The number of hydrogen-bond acceptors (Lipinski definition) is 1. The van der Waals surface area contributed by atoms with Crippen molar-refractivity contribution in [2.75, 3.05) is 0 Å². The molecule has 1 aromatic carbocycles. The summed E-state index contributed by atoms with van der Waals surface area (Å²) in [5.74, 6) is 2.78. The number of carbonyl (C=O) groups excluding carboxylic acids is 1. The van der Waals surface area contributed by atoms with Gasteiger partial charge in [-0.15, -0.1) is 12.3 Å². The van der Waals surface area contributed by atoms with Crippen LogP contribution in [0, 0.1) is 12.3 Å². The molecule has 0 saturated heterocycles. The van der Waals surface area contributed by atoms with Crippen molar-refractivity contribution in [1.82, 2.24) is 0 Å². The third kappa shape index (κ3) is 4.31. The lowest BCUT2D eigenvalue weighted by Gasteiger charge is -2.02. The number of rotatable bonds is 5. The maximum Gasteiger partial charge on any atom is 0.137 e. The van der Waals surface area contributed by atoms with Crippen LogP contribution in [-0.4, -0.2) is 5.78 Å². The minimum absolute atomic E-state index is 0.247. The van der Waals surface area contributed by atoms with Crippen LogP contribution in [0.2, 0.25) is 0 Å². The van der Waals surface area contributed by atoms with Crippen molar-refractivity contribution in [2.45, 2.75) is 25.7 Å². The van der Waals surface area contributed by atoms with E-state index >= 15 is 0 Å². The summed E-state index contributed by atoms with van der Waals surface area (Å²) >= 11 is 3.42. The molecule has 0 spiro atoms. The molecular formula is C13H13BrO. The highest BCUT2D eigenvalue weighted by atomic mass is 79.9. The van der Waals surface area contributed by atoms with Crippen molar-refractivity contribution in [3.63, 3.8) is 0 Å². The number of ketones is 1. The van der Waals surface area contributed by atoms with Gasteiger partial charge in [0, 0.05) is 23.7 Å². The first kappa shape index (κ1) is 12.0. The van der Waals surface area contributed by atoms with Gasteiger partial charge in [-0.25, -0.2) is 0 Å². The molecule has 1 aromatic rings. The predicted molar refractivity (Wildman–Crippen MR) is 65.5 cm³/mol. The van der Waals surface area contributed by atoms with E-state index in [-0.39, 0.29) is 5.78 Å². The third-order valence-electron chi connectivity index (χ3n) is 2.12. The lowest BCUT2D eigenvalue weighted by molar-refractivity contribution is -0.118. The lowest BCUT2D eigenvalue weighted by atomic mass is 10.1. The molecule has 0 amide bonds. The quantitative estimate of drug-likeness (QED) is 0.589. The summed E-state index contributed by atoms with van der Waals surface area (Å²) < 4.78 is 0.996. The molecule has 1 nitrogen and oxygen atoms in total. The van der Waals surface area contributed by atoms with E-state index in [9.17, 15) is 4.79 Å². The molecule has 0 saturated carbocycles. The molecule has 0 N–H and O–H groups in total. The number of hydrogen-bond donors (Lipinski definition) is 0. The van der Waals surface area contributed by atoms with Gasteiger partial charge in [-0.3, -0.25) is 4.79 Å². The van der Waals surface area contributed by atoms with Gasteiger partial charge >= 0.3 is 0 Å². The van der Waals surface area contributed by atoms with Gasteiger partial charge in [-0.05, 0) is 18.1 Å². The monoisotopic (exact) mass is 264 g/mol. The summed E-state index contributed by atoms with van der Waals surface area (Å²) in [6, 6.07) is 7.79. The van der Waals surface area contributed by atoms with Crippen LogP contribution in [0.1, 0.15) is 24.8 Å². The fourth-order valence-corrected chi connectivity index (χ4v) is 1.76. The average Bonchev–Trinajstić information content (AvgIpc) is 2.22. The summed E-state index contributed by atoms with van der Waals surface area (Å²) in [5, 5.41) is 0. The molecule has 0 aromatic heterocycles. The first-order chi connectivity index (χ1) is 7.24. The zero-order chi connectivity index (χ0) is 11.1. The highest BCUT2D eigenvalue weighted by Gasteiger charge is 2.05. The molecule has 15 heavy (non-hydrogen) atoms. The zero-order valence-corrected chi connectivity index (χ0v) is 10.1. The van der Waals surface area contributed by atoms with Crippen LogP contribution in [0.3, 0.4) is 0 Å². The molecule has 1 rings (SSSR count). The first-order valence-corrected chi connectivity index (χ1v) is 5.72. The summed E-state index contributed by atoms with van der Waals surface area (Å²) in [6.07, 6.45) is 7.66. The van der Waals surface area contributed by atoms with Gasteiger partial charge in [-0.2, -0.15) is 0 Å². The van der Waals surface area contributed by atoms with E-state index in [1.807, 2.05) is 24.3 Å². The van der Waals surface area contributed by atoms with E-state index < -0.39 is 0 Å². The standard InChI is InChI=1S/C13H13BrO/c1-2-3-4-8-12(15)10-11-7-5-6-9-13(11)14/h1,5-7,9H,3-4,8,10H2. The molecule has 2 heteroatoms. The van der Waals surface area contributed by atoms with Crippen LogP contribution >= 0.6 is 15.9 Å². The van der Waals surface area contributed by atoms with Crippen molar-refractivity contribution in [2.24, 2.45) is 0 Å². The van der Waals surface area contributed by atoms with Crippen molar-refractivity contribution in [1.29, 1.82) is 0 Å². The van der Waals surface area contributed by atoms with Crippen molar-refractivity contribution in [3.05, 3.63) is 34.3 Å². The maximum absolute atomic E-state index is 11.6. The fourth-order valence-electron chi connectivity index (χ4n) is 1.33. The van der Waals surface area contributed by atoms with E-state index in [0.29, 0.717) is 19.3 Å². The molecule has 78 valence electrons. The number of unbranched alkanes of at least 4 members (excludes halogenated alkanes) is 1. The number of Topliss-reactive ketones (excluding diaryl/α,β-unsaturated/α-hetero) is 1. The second kappa shape index (κ2) is 6.42. The number of terminal acetylenes is 1. The summed E-state index contributed by atoms with van der Waals surface area (Å²) in [5.41, 5.74) is 1.04. The third-order valence-corrected chi connectivity index (χ3v) is 2.90. The van der Waals surface area contributed by atoms with Crippen LogP contribution in [0.5, 0.6) is 0 Å². The van der Waals surface area contributed by atoms with Gasteiger partial charge in [0.05, 0.1) is 0 Å². The Morgan fingerprint density at radius 1 is 1.40 bits per heavy atom. The number of halogens is 1. The Balaban J connectivity index is 2.45. The molecule has 0 fully saturated rings. The Morgan fingerprint density at radius 2 is 2.13 bits per heavy atom. The molecule has 0 heterocycles. The van der Waals surface area contributed by atoms with Crippen LogP contribution < -0.4 is 0 Å². The maximum atomic E-state index is 11.6. The first-order valence-electron chi connectivity index (χ1n) is 4.92. The molecule has 0 bridgehead atoms. The zero-order valence-electron chi connectivity index (χ0n) is 8.50. The van der Waals surface area contributed by atoms with Gasteiger partial charge in [0.25, 0.3) is 0 Å². The van der Waals surface area contributed by atoms with Crippen LogP contribution in [0.25, 0.3) is 0 Å². The van der Waals surface area contributed by atoms with Crippen LogP contribution in [-0.2, 0) is 11.2 Å².